The number of benzene rings is 1. The molecule has 0 saturated carbocycles. The monoisotopic (exact) mass is 271 g/mol. The molecule has 0 bridgehead atoms. The van der Waals surface area contributed by atoms with Crippen molar-refractivity contribution in [3.63, 3.8) is 0 Å². The predicted octanol–water partition coefficient (Wildman–Crippen LogP) is 0.944. The van der Waals surface area contributed by atoms with Gasteiger partial charge in [0.25, 0.3) is 0 Å². The van der Waals surface area contributed by atoms with Crippen LogP contribution in [-0.4, -0.2) is 33.0 Å². The van der Waals surface area contributed by atoms with E-state index in [1.54, 1.807) is 0 Å². The molecule has 1 N–H and O–H groups in total. The van der Waals surface area contributed by atoms with Gasteiger partial charge in [0.15, 0.2) is 0 Å². The molecule has 4 nitrogen and oxygen atoms in total. The van der Waals surface area contributed by atoms with Gasteiger partial charge in [0.05, 0.1) is 6.10 Å². The third-order valence-electron chi connectivity index (χ3n) is 3.15. The van der Waals surface area contributed by atoms with E-state index in [0.717, 1.165) is 11.0 Å². The quantitative estimate of drug-likeness (QED) is 0.656. The lowest BCUT2D eigenvalue weighted by Gasteiger charge is -2.16. The van der Waals surface area contributed by atoms with E-state index in [2.05, 4.69) is 4.84 Å². The number of alkyl halides is 1. The Kier molecular flexibility index (Phi) is 3.43. The molecule has 0 radical (unpaired) electrons. The summed E-state index contributed by atoms with van der Waals surface area (Å²) in [4.78, 5) is 2.55. The van der Waals surface area contributed by atoms with E-state index in [-0.39, 0.29) is 12.7 Å². The van der Waals surface area contributed by atoms with Crippen LogP contribution in [0.1, 0.15) is 11.7 Å². The van der Waals surface area contributed by atoms with Crippen LogP contribution in [0, 0.1) is 0 Å². The van der Waals surface area contributed by atoms with Gasteiger partial charge in [-0.2, -0.15) is 0 Å². The van der Waals surface area contributed by atoms with Crippen molar-refractivity contribution in [3.05, 3.63) is 23.8 Å². The molecule has 0 amide bonds. The second kappa shape index (κ2) is 5.05. The van der Waals surface area contributed by atoms with Crippen molar-refractivity contribution >= 4 is 24.4 Å². The van der Waals surface area contributed by atoms with E-state index in [9.17, 15) is 4.39 Å². The van der Waals surface area contributed by atoms with Gasteiger partial charge in [0.1, 0.15) is 25.1 Å². The average Bonchev–Trinajstić information content (AvgIpc) is 2.63. The van der Waals surface area contributed by atoms with Gasteiger partial charge in [-0.3, -0.25) is 0 Å². The minimum Gasteiger partial charge on any atom is -0.491 e. The number of hydrogen-bond donors (Lipinski definition) is 1. The van der Waals surface area contributed by atoms with Gasteiger partial charge in [-0.15, -0.1) is 0 Å². The van der Waals surface area contributed by atoms with Gasteiger partial charge in [-0.05, 0) is 23.4 Å². The van der Waals surface area contributed by atoms with Crippen LogP contribution >= 0.6 is 11.8 Å². The van der Waals surface area contributed by atoms with E-state index in [1.807, 2.05) is 18.2 Å². The van der Waals surface area contributed by atoms with Crippen LogP contribution in [0.5, 0.6) is 5.75 Å². The second-order valence-corrected chi connectivity index (χ2v) is 4.54. The van der Waals surface area contributed by atoms with E-state index in [1.165, 1.54) is 0 Å². The Morgan fingerprint density at radius 2 is 2.33 bits per heavy atom. The lowest BCUT2D eigenvalue weighted by molar-refractivity contribution is 0.0733. The molecule has 3 rings (SSSR count). The maximum atomic E-state index is 12.8. The molecule has 0 aliphatic carbocycles. The van der Waals surface area contributed by atoms with Gasteiger partial charge < -0.3 is 14.0 Å². The zero-order valence-electron chi connectivity index (χ0n) is 9.57. The predicted molar refractivity (Wildman–Crippen MR) is 65.9 cm³/mol. The van der Waals surface area contributed by atoms with Crippen LogP contribution in [0.4, 0.5) is 4.39 Å². The van der Waals surface area contributed by atoms with Gasteiger partial charge in [0, 0.05) is 12.0 Å². The first-order chi connectivity index (χ1) is 8.83. The summed E-state index contributed by atoms with van der Waals surface area (Å²) in [5, 5.41) is 0. The van der Waals surface area contributed by atoms with Crippen LogP contribution in [0.25, 0.3) is 0 Å². The summed E-state index contributed by atoms with van der Waals surface area (Å²) in [7, 11) is -0.575. The van der Waals surface area contributed by atoms with Crippen molar-refractivity contribution in [2.75, 3.05) is 19.8 Å². The molecule has 0 saturated heterocycles. The van der Waals surface area contributed by atoms with Crippen LogP contribution in [-0.2, 0) is 9.31 Å². The van der Waals surface area contributed by atoms with Crippen LogP contribution in [0.15, 0.2) is 18.2 Å². The molecule has 2 aliphatic heterocycles. The Morgan fingerprint density at radius 3 is 3.11 bits per heavy atom. The molecule has 0 unspecified atom stereocenters. The minimum atomic E-state index is -0.599. The summed E-state index contributed by atoms with van der Waals surface area (Å²) < 4.78 is 29.7. The fraction of sp³-hybridized carbons (Fsp3) is 0.455. The van der Waals surface area contributed by atoms with Crippen molar-refractivity contribution in [1.82, 2.24) is 4.84 Å². The largest absolute Gasteiger partial charge is 0.498 e. The van der Waals surface area contributed by atoms with Crippen LogP contribution in [0.3, 0.4) is 0 Å². The Balaban J connectivity index is 1.97. The Bertz CT molecular complexity index is 450. The molecule has 18 heavy (non-hydrogen) atoms. The van der Waals surface area contributed by atoms with Gasteiger partial charge in [-0.25, -0.2) is 9.23 Å². The smallest absolute Gasteiger partial charge is 0.491 e. The summed E-state index contributed by atoms with van der Waals surface area (Å²) in [5.41, 5.74) is 1.83. The highest BCUT2D eigenvalue weighted by molar-refractivity contribution is 6.64. The molecule has 0 fully saturated rings. The van der Waals surface area contributed by atoms with E-state index in [0.29, 0.717) is 12.3 Å². The van der Waals surface area contributed by atoms with Crippen LogP contribution < -0.4 is 15.0 Å². The number of rotatable bonds is 3. The molecule has 96 valence electrons. The Hall–Kier alpha value is -0.815. The number of nitrogens with one attached hydrogen (secondary N) is 1. The van der Waals surface area contributed by atoms with E-state index < -0.39 is 19.9 Å². The highest BCUT2D eigenvalue weighted by atomic mass is 35.5. The lowest BCUT2D eigenvalue weighted by atomic mass is 9.77. The van der Waals surface area contributed by atoms with Crippen LogP contribution in [0.2, 0.25) is 0 Å². The second-order valence-electron chi connectivity index (χ2n) is 4.28. The summed E-state index contributed by atoms with van der Waals surface area (Å²) in [6.07, 6.45) is -0.803. The summed E-state index contributed by atoms with van der Waals surface area (Å²) in [6, 6.07) is 5.67. The SMILES string of the molecule is FC[C@@H]1COc2cccc3c2B(O1)O[C@@H]3CNCl. The standard InChI is InChI=1S/C11H12BClFNO3/c13-15-5-10-8-2-1-3-9-11(8)12(18-10)17-7(4-14)6-16-9/h1-3,7,10,15H,4-6H2/t7-,10-/m1/s1. The molecular weight excluding hydrogens is 259 g/mol. The van der Waals surface area contributed by atoms with Crippen molar-refractivity contribution in [2.45, 2.75) is 12.2 Å². The molecule has 1 aromatic rings. The first kappa shape index (κ1) is 12.2. The highest BCUT2D eigenvalue weighted by Crippen LogP contribution is 2.30. The van der Waals surface area contributed by atoms with Gasteiger partial charge in [0.2, 0.25) is 0 Å². The van der Waals surface area contributed by atoms with E-state index in [4.69, 9.17) is 25.8 Å². The summed E-state index contributed by atoms with van der Waals surface area (Å²) in [6.45, 7) is 0.0605. The third kappa shape index (κ3) is 1.99. The number of ether oxygens (including phenoxy) is 1. The first-order valence-electron chi connectivity index (χ1n) is 5.79. The molecular formula is C11H12BClFNO3. The molecule has 2 atom stereocenters. The number of hydrogen-bond acceptors (Lipinski definition) is 4. The molecule has 0 aromatic heterocycles. The van der Waals surface area contributed by atoms with Crippen molar-refractivity contribution in [3.8, 4) is 5.75 Å². The maximum Gasteiger partial charge on any atom is 0.498 e. The minimum absolute atomic E-state index is 0.200. The zero-order chi connectivity index (χ0) is 12.5. The molecule has 0 spiro atoms. The highest BCUT2D eigenvalue weighted by Gasteiger charge is 2.43. The van der Waals surface area contributed by atoms with E-state index >= 15 is 0 Å². The Labute approximate surface area is 110 Å². The maximum absolute atomic E-state index is 12.8. The Morgan fingerprint density at radius 1 is 1.44 bits per heavy atom. The molecule has 7 heteroatoms. The fourth-order valence-corrected chi connectivity index (χ4v) is 2.46. The van der Waals surface area contributed by atoms with Crippen molar-refractivity contribution in [2.24, 2.45) is 0 Å². The first-order valence-corrected chi connectivity index (χ1v) is 6.17. The van der Waals surface area contributed by atoms with Gasteiger partial charge in [-0.1, -0.05) is 12.1 Å². The zero-order valence-corrected chi connectivity index (χ0v) is 10.3. The normalized spacial score (nSPS) is 25.6. The molecule has 2 heterocycles. The summed E-state index contributed by atoms with van der Waals surface area (Å²) >= 11 is 5.52. The number of halogens is 2. The fourth-order valence-electron chi connectivity index (χ4n) is 2.32. The summed E-state index contributed by atoms with van der Waals surface area (Å²) in [5.74, 6) is 0.700. The van der Waals surface area contributed by atoms with Crippen molar-refractivity contribution in [1.29, 1.82) is 0 Å². The molecule has 1 aromatic carbocycles. The van der Waals surface area contributed by atoms with Crippen molar-refractivity contribution < 1.29 is 18.4 Å². The average molecular weight is 271 g/mol. The third-order valence-corrected chi connectivity index (χ3v) is 3.30. The van der Waals surface area contributed by atoms with Gasteiger partial charge >= 0.3 is 7.12 Å². The lowest BCUT2D eigenvalue weighted by Crippen LogP contribution is -2.36. The molecule has 2 aliphatic rings. The topological polar surface area (TPSA) is 39.7 Å².